The number of nitrogens with zero attached hydrogens (tertiary/aromatic N) is 4. The van der Waals surface area contributed by atoms with E-state index >= 15 is 0 Å². The maximum atomic E-state index is 13.9. The SMILES string of the molecule is COc1ccc(-n2c(C(=O)CCc3ccc4oc(C)nc4c3)c3n(c2=O)CCN(C(=O)c2ccc(Cl)c(Cl)c2)C3)cc1. The number of oxazole rings is 1. The summed E-state index contributed by atoms with van der Waals surface area (Å²) in [7, 11) is 1.56. The van der Waals surface area contributed by atoms with Crippen LogP contribution in [0.1, 0.15) is 44.4 Å². The Hall–Kier alpha value is -4.34. The van der Waals surface area contributed by atoms with Crippen molar-refractivity contribution in [2.75, 3.05) is 13.7 Å². The number of aryl methyl sites for hydroxylation is 2. The summed E-state index contributed by atoms with van der Waals surface area (Å²) in [5, 5.41) is 0.625. The maximum absolute atomic E-state index is 13.9. The Bertz CT molecular complexity index is 1910. The molecule has 5 aromatic rings. The Balaban J connectivity index is 1.36. The minimum absolute atomic E-state index is 0.0860. The number of rotatable bonds is 7. The number of Topliss-reactive ketones (excluding diaryl/α,β-unsaturated/α-hetero) is 1. The predicted molar refractivity (Wildman–Crippen MR) is 159 cm³/mol. The number of carbonyl (C=O) groups is 2. The van der Waals surface area contributed by atoms with Crippen molar-refractivity contribution in [2.24, 2.45) is 0 Å². The average Bonchev–Trinajstić information content (AvgIpc) is 3.52. The van der Waals surface area contributed by atoms with Gasteiger partial charge in [-0.05, 0) is 66.6 Å². The van der Waals surface area contributed by atoms with E-state index in [1.807, 2.05) is 18.2 Å². The molecular weight excluding hydrogens is 579 g/mol. The zero-order valence-electron chi connectivity index (χ0n) is 22.9. The average molecular weight is 605 g/mol. The first-order valence-corrected chi connectivity index (χ1v) is 14.1. The molecule has 0 atom stereocenters. The number of fused-ring (bicyclic) bond motifs is 2. The van der Waals surface area contributed by atoms with Crippen LogP contribution in [-0.4, -0.2) is 44.4 Å². The Labute approximate surface area is 250 Å². The van der Waals surface area contributed by atoms with Crippen LogP contribution in [0.15, 0.2) is 69.9 Å². The lowest BCUT2D eigenvalue weighted by Gasteiger charge is -2.28. The number of amides is 1. The second kappa shape index (κ2) is 11.2. The van der Waals surface area contributed by atoms with E-state index < -0.39 is 0 Å². The second-order valence-corrected chi connectivity index (χ2v) is 10.9. The molecule has 0 fully saturated rings. The smallest absolute Gasteiger partial charge is 0.333 e. The van der Waals surface area contributed by atoms with Gasteiger partial charge in [0.15, 0.2) is 17.3 Å². The number of aromatic nitrogens is 3. The molecule has 2 aromatic heterocycles. The molecule has 3 aromatic carbocycles. The van der Waals surface area contributed by atoms with Crippen molar-refractivity contribution < 1.29 is 18.7 Å². The highest BCUT2D eigenvalue weighted by Crippen LogP contribution is 2.27. The first-order chi connectivity index (χ1) is 20.2. The van der Waals surface area contributed by atoms with Gasteiger partial charge in [0.2, 0.25) is 0 Å². The Morgan fingerprint density at radius 2 is 1.79 bits per heavy atom. The Morgan fingerprint density at radius 1 is 1.00 bits per heavy atom. The van der Waals surface area contributed by atoms with Crippen molar-refractivity contribution in [3.05, 3.63) is 110 Å². The van der Waals surface area contributed by atoms with Crippen LogP contribution in [-0.2, 0) is 19.5 Å². The highest BCUT2D eigenvalue weighted by atomic mass is 35.5. The standard InChI is InChI=1S/C31H26Cl2N4O5/c1-18-34-25-15-19(4-12-28(25)42-18)3-11-27(38)29-26-17-35(30(39)20-5-10-23(32)24(33)16-20)13-14-36(26)31(40)37(29)21-6-8-22(41-2)9-7-21/h4-10,12,15-16H,3,11,13-14,17H2,1-2H3. The summed E-state index contributed by atoms with van der Waals surface area (Å²) in [4.78, 5) is 47.1. The summed E-state index contributed by atoms with van der Waals surface area (Å²) in [6.45, 7) is 2.41. The van der Waals surface area contributed by atoms with Gasteiger partial charge in [0.1, 0.15) is 17.0 Å². The molecule has 1 aliphatic heterocycles. The molecule has 9 nitrogen and oxygen atoms in total. The van der Waals surface area contributed by atoms with E-state index in [9.17, 15) is 14.4 Å². The van der Waals surface area contributed by atoms with Gasteiger partial charge in [0, 0.05) is 32.0 Å². The molecule has 214 valence electrons. The molecule has 0 unspecified atom stereocenters. The molecule has 6 rings (SSSR count). The number of ether oxygens (including phenoxy) is 1. The number of ketones is 1. The van der Waals surface area contributed by atoms with Crippen LogP contribution >= 0.6 is 23.2 Å². The number of halogens is 2. The largest absolute Gasteiger partial charge is 0.497 e. The number of benzene rings is 3. The van der Waals surface area contributed by atoms with Crippen LogP contribution in [0.3, 0.4) is 0 Å². The molecule has 1 amide bonds. The van der Waals surface area contributed by atoms with Gasteiger partial charge in [-0.1, -0.05) is 29.3 Å². The van der Waals surface area contributed by atoms with Crippen molar-refractivity contribution in [3.63, 3.8) is 0 Å². The lowest BCUT2D eigenvalue weighted by molar-refractivity contribution is 0.0707. The van der Waals surface area contributed by atoms with Gasteiger partial charge in [-0.15, -0.1) is 0 Å². The highest BCUT2D eigenvalue weighted by molar-refractivity contribution is 6.42. The zero-order valence-corrected chi connectivity index (χ0v) is 24.4. The van der Waals surface area contributed by atoms with E-state index in [1.54, 1.807) is 59.9 Å². The molecule has 1 aliphatic rings. The molecule has 0 saturated carbocycles. The van der Waals surface area contributed by atoms with Crippen molar-refractivity contribution >= 4 is 46.0 Å². The van der Waals surface area contributed by atoms with Crippen LogP contribution in [0, 0.1) is 6.92 Å². The number of hydrogen-bond acceptors (Lipinski definition) is 6. The van der Waals surface area contributed by atoms with Crippen LogP contribution in [0.2, 0.25) is 10.0 Å². The quantitative estimate of drug-likeness (QED) is 0.215. The Morgan fingerprint density at radius 3 is 2.52 bits per heavy atom. The molecular formula is C31H26Cl2N4O5. The molecule has 0 aliphatic carbocycles. The third kappa shape index (κ3) is 5.10. The lowest BCUT2D eigenvalue weighted by atomic mass is 10.0. The number of hydrogen-bond donors (Lipinski definition) is 0. The van der Waals surface area contributed by atoms with Gasteiger partial charge in [-0.2, -0.15) is 0 Å². The number of carbonyl (C=O) groups excluding carboxylic acids is 2. The van der Waals surface area contributed by atoms with Gasteiger partial charge in [-0.25, -0.2) is 9.78 Å². The number of methoxy groups -OCH3 is 1. The molecule has 0 bridgehead atoms. The summed E-state index contributed by atoms with van der Waals surface area (Å²) in [5.41, 5.74) is 3.66. The number of imidazole rings is 1. The van der Waals surface area contributed by atoms with Crippen molar-refractivity contribution in [1.29, 1.82) is 0 Å². The highest BCUT2D eigenvalue weighted by Gasteiger charge is 2.32. The molecule has 0 saturated heterocycles. The van der Waals surface area contributed by atoms with Crippen LogP contribution in [0.5, 0.6) is 5.75 Å². The van der Waals surface area contributed by atoms with E-state index in [1.165, 1.54) is 10.6 Å². The molecule has 11 heteroatoms. The van der Waals surface area contributed by atoms with Crippen molar-refractivity contribution in [1.82, 2.24) is 19.0 Å². The summed E-state index contributed by atoms with van der Waals surface area (Å²) in [5.74, 6) is 0.721. The third-order valence-corrected chi connectivity index (χ3v) is 8.17. The summed E-state index contributed by atoms with van der Waals surface area (Å²) < 4.78 is 13.9. The van der Waals surface area contributed by atoms with Gasteiger partial charge < -0.3 is 14.1 Å². The minimum Gasteiger partial charge on any atom is -0.497 e. The fourth-order valence-corrected chi connectivity index (χ4v) is 5.62. The van der Waals surface area contributed by atoms with E-state index in [4.69, 9.17) is 32.4 Å². The van der Waals surface area contributed by atoms with Crippen LogP contribution in [0.4, 0.5) is 0 Å². The van der Waals surface area contributed by atoms with E-state index in [0.29, 0.717) is 52.2 Å². The van der Waals surface area contributed by atoms with Crippen molar-refractivity contribution in [3.8, 4) is 11.4 Å². The minimum atomic E-state index is -0.334. The zero-order chi connectivity index (χ0) is 29.5. The van der Waals surface area contributed by atoms with Gasteiger partial charge in [-0.3, -0.25) is 18.7 Å². The van der Waals surface area contributed by atoms with E-state index in [0.717, 1.165) is 11.1 Å². The van der Waals surface area contributed by atoms with E-state index in [-0.39, 0.29) is 47.6 Å². The van der Waals surface area contributed by atoms with Gasteiger partial charge >= 0.3 is 5.69 Å². The third-order valence-electron chi connectivity index (χ3n) is 7.43. The normalized spacial score (nSPS) is 12.9. The Kier molecular flexibility index (Phi) is 7.38. The summed E-state index contributed by atoms with van der Waals surface area (Å²) >= 11 is 12.2. The molecule has 0 N–H and O–H groups in total. The topological polar surface area (TPSA) is 99.6 Å². The molecule has 0 radical (unpaired) electrons. The lowest BCUT2D eigenvalue weighted by Crippen LogP contribution is -2.41. The van der Waals surface area contributed by atoms with E-state index in [2.05, 4.69) is 4.98 Å². The van der Waals surface area contributed by atoms with Gasteiger partial charge in [0.05, 0.1) is 35.1 Å². The maximum Gasteiger partial charge on any atom is 0.333 e. The first kappa shape index (κ1) is 27.8. The summed E-state index contributed by atoms with van der Waals surface area (Å²) in [6.07, 6.45) is 0.587. The molecule has 3 heterocycles. The second-order valence-electron chi connectivity index (χ2n) is 10.1. The fraction of sp³-hybridized carbons (Fsp3) is 0.226. The van der Waals surface area contributed by atoms with Crippen LogP contribution < -0.4 is 10.4 Å². The van der Waals surface area contributed by atoms with Crippen molar-refractivity contribution in [2.45, 2.75) is 32.9 Å². The summed E-state index contributed by atoms with van der Waals surface area (Å²) in [6, 6.07) is 17.3. The first-order valence-electron chi connectivity index (χ1n) is 13.4. The fourth-order valence-electron chi connectivity index (χ4n) is 5.32. The molecule has 0 spiro atoms. The molecule has 42 heavy (non-hydrogen) atoms. The van der Waals surface area contributed by atoms with Gasteiger partial charge in [0.25, 0.3) is 5.91 Å². The van der Waals surface area contributed by atoms with Crippen LogP contribution in [0.25, 0.3) is 16.8 Å². The monoisotopic (exact) mass is 604 g/mol. The predicted octanol–water partition coefficient (Wildman–Crippen LogP) is 5.88.